The second kappa shape index (κ2) is 5.27. The summed E-state index contributed by atoms with van der Waals surface area (Å²) in [5, 5.41) is 1.06. The predicted molar refractivity (Wildman–Crippen MR) is 117 cm³/mol. The van der Waals surface area contributed by atoms with Gasteiger partial charge in [-0.15, -0.1) is 0 Å². The molecule has 5 nitrogen and oxygen atoms in total. The zero-order chi connectivity index (χ0) is 20.1. The Morgan fingerprint density at radius 1 is 0.867 bits per heavy atom. The van der Waals surface area contributed by atoms with Crippen LogP contribution in [0.3, 0.4) is 0 Å². The zero-order valence-electron chi connectivity index (χ0n) is 16.8. The lowest BCUT2D eigenvalue weighted by Gasteiger charge is -2.30. The molecule has 30 heavy (non-hydrogen) atoms. The molecule has 0 unspecified atom stereocenters. The minimum Gasteiger partial charge on any atom is -0.427 e. The van der Waals surface area contributed by atoms with E-state index in [0.29, 0.717) is 12.0 Å². The lowest BCUT2D eigenvalue weighted by Crippen LogP contribution is -2.54. The number of aromatic nitrogens is 2. The van der Waals surface area contributed by atoms with Crippen molar-refractivity contribution in [2.45, 2.75) is 20.8 Å². The molecule has 0 saturated carbocycles. The van der Waals surface area contributed by atoms with E-state index >= 15 is 0 Å². The average molecular weight is 392 g/mol. The van der Waals surface area contributed by atoms with Gasteiger partial charge in [0.2, 0.25) is 0 Å². The van der Waals surface area contributed by atoms with E-state index in [4.69, 9.17) is 18.9 Å². The van der Waals surface area contributed by atoms with E-state index in [9.17, 15) is 0 Å². The highest BCUT2D eigenvalue weighted by Gasteiger charge is 2.45. The predicted octanol–water partition coefficient (Wildman–Crippen LogP) is 4.57. The second-order valence-electron chi connectivity index (χ2n) is 8.24. The molecule has 6 heteroatoms. The summed E-state index contributed by atoms with van der Waals surface area (Å²) in [5.74, 6) is 2.12. The van der Waals surface area contributed by atoms with Gasteiger partial charge in [0, 0.05) is 16.3 Å². The summed E-state index contributed by atoms with van der Waals surface area (Å²) in [6.07, 6.45) is 0. The summed E-state index contributed by atoms with van der Waals surface area (Å²) in [5.41, 5.74) is 8.18. The van der Waals surface area contributed by atoms with Crippen molar-refractivity contribution >= 4 is 39.8 Å². The summed E-state index contributed by atoms with van der Waals surface area (Å²) in [6, 6.07) is 17.2. The maximum absolute atomic E-state index is 6.31. The highest BCUT2D eigenvalue weighted by atomic mass is 16.6. The van der Waals surface area contributed by atoms with Crippen molar-refractivity contribution in [1.29, 1.82) is 0 Å². The third kappa shape index (κ3) is 1.86. The van der Waals surface area contributed by atoms with Gasteiger partial charge in [-0.25, -0.2) is 0 Å². The van der Waals surface area contributed by atoms with E-state index in [2.05, 4.69) is 60.8 Å². The number of hydrogen-bond donors (Lipinski definition) is 0. The Morgan fingerprint density at radius 2 is 1.63 bits per heavy atom. The third-order valence-corrected chi connectivity index (χ3v) is 6.26. The number of hydrogen-bond acceptors (Lipinski definition) is 4. The molecule has 144 valence electrons. The van der Waals surface area contributed by atoms with Crippen LogP contribution in [0.2, 0.25) is 0 Å². The number of imidazole rings is 1. The summed E-state index contributed by atoms with van der Waals surface area (Å²) < 4.78 is 21.0. The van der Waals surface area contributed by atoms with Crippen LogP contribution in [0.25, 0.3) is 22.0 Å². The van der Waals surface area contributed by atoms with Crippen LogP contribution in [0.15, 0.2) is 52.9 Å². The van der Waals surface area contributed by atoms with E-state index in [1.807, 2.05) is 13.0 Å². The van der Waals surface area contributed by atoms with E-state index in [1.165, 1.54) is 0 Å². The van der Waals surface area contributed by atoms with Crippen LogP contribution in [0.4, 0.5) is 0 Å². The molecule has 3 aromatic carbocycles. The van der Waals surface area contributed by atoms with Crippen LogP contribution in [-0.4, -0.2) is 16.3 Å². The lowest BCUT2D eigenvalue weighted by molar-refractivity contribution is 0.359. The molecule has 2 aliphatic heterocycles. The van der Waals surface area contributed by atoms with E-state index < -0.39 is 0 Å². The van der Waals surface area contributed by atoms with E-state index in [-0.39, 0.29) is 6.85 Å². The molecule has 0 bridgehead atoms. The van der Waals surface area contributed by atoms with Crippen LogP contribution < -0.4 is 20.4 Å². The van der Waals surface area contributed by atoms with Crippen molar-refractivity contribution in [1.82, 2.24) is 9.46 Å². The minimum atomic E-state index is -0.127. The van der Waals surface area contributed by atoms with Gasteiger partial charge < -0.3 is 18.4 Å². The van der Waals surface area contributed by atoms with Gasteiger partial charge in [0.1, 0.15) is 17.1 Å². The number of aryl methyl sites for hydroxylation is 3. The molecule has 2 aliphatic rings. The number of para-hydroxylation sites is 2. The van der Waals surface area contributed by atoms with E-state index in [0.717, 1.165) is 61.1 Å². The van der Waals surface area contributed by atoms with Gasteiger partial charge in [-0.2, -0.15) is 4.98 Å². The first-order chi connectivity index (χ1) is 14.6. The van der Waals surface area contributed by atoms with Crippen molar-refractivity contribution in [3.05, 3.63) is 65.2 Å². The maximum Gasteiger partial charge on any atom is 0.349 e. The molecule has 0 atom stereocenters. The van der Waals surface area contributed by atoms with Crippen LogP contribution >= 0.6 is 0 Å². The van der Waals surface area contributed by atoms with Crippen LogP contribution in [0.1, 0.15) is 16.7 Å². The quantitative estimate of drug-likeness (QED) is 0.355. The Bertz CT molecular complexity index is 1430. The van der Waals surface area contributed by atoms with Gasteiger partial charge in [0.15, 0.2) is 0 Å². The standard InChI is InChI=1S/C24H17BN2O3/c1-12-10-17-20-18(11-12)29-24-26-21-13(2)6-5-9-16(21)27(24)25(20)19-15-8-4-7-14(3)22(15)30-23(19)28-17/h4-11H,1-3H3. The monoisotopic (exact) mass is 392 g/mol. The molecule has 0 N–H and O–H groups in total. The number of fused-ring (bicyclic) bond motifs is 8. The van der Waals surface area contributed by atoms with Gasteiger partial charge in [-0.1, -0.05) is 30.3 Å². The fraction of sp³-hybridized carbons (Fsp3) is 0.125. The smallest absolute Gasteiger partial charge is 0.349 e. The largest absolute Gasteiger partial charge is 0.427 e. The highest BCUT2D eigenvalue weighted by molar-refractivity contribution is 6.89. The molecule has 0 amide bonds. The highest BCUT2D eigenvalue weighted by Crippen LogP contribution is 2.41. The Labute approximate surface area is 172 Å². The molecule has 0 aliphatic carbocycles. The van der Waals surface area contributed by atoms with Gasteiger partial charge >= 0.3 is 6.85 Å². The molecule has 2 aromatic heterocycles. The first-order valence-electron chi connectivity index (χ1n) is 10.1. The van der Waals surface area contributed by atoms with Crippen LogP contribution in [-0.2, 0) is 0 Å². The van der Waals surface area contributed by atoms with Crippen molar-refractivity contribution in [2.24, 2.45) is 0 Å². The molecule has 5 aromatic rings. The fourth-order valence-electron chi connectivity index (χ4n) is 4.92. The SMILES string of the molecule is Cc1cc2c3c(c1)Oc1nc4c(C)cccc4n1B3c1c(oc3c(C)cccc13)O2. The van der Waals surface area contributed by atoms with Crippen molar-refractivity contribution in [3.63, 3.8) is 0 Å². The van der Waals surface area contributed by atoms with Crippen LogP contribution in [0, 0.1) is 20.8 Å². The summed E-state index contributed by atoms with van der Waals surface area (Å²) in [7, 11) is 0. The van der Waals surface area contributed by atoms with Crippen molar-refractivity contribution in [2.75, 3.05) is 0 Å². The number of rotatable bonds is 0. The van der Waals surface area contributed by atoms with Crippen molar-refractivity contribution in [3.8, 4) is 23.5 Å². The number of nitrogens with zero attached hydrogens (tertiary/aromatic N) is 2. The first-order valence-corrected chi connectivity index (χ1v) is 10.1. The Balaban J connectivity index is 1.66. The lowest BCUT2D eigenvalue weighted by atomic mass is 9.48. The maximum atomic E-state index is 6.31. The first kappa shape index (κ1) is 16.2. The Kier molecular flexibility index (Phi) is 2.84. The molecule has 0 radical (unpaired) electrons. The van der Waals surface area contributed by atoms with Gasteiger partial charge in [0.25, 0.3) is 12.0 Å². The number of furan rings is 1. The van der Waals surface area contributed by atoms with Gasteiger partial charge in [-0.3, -0.25) is 0 Å². The molecular formula is C24H17BN2O3. The van der Waals surface area contributed by atoms with Crippen molar-refractivity contribution < 1.29 is 13.9 Å². The molecule has 0 fully saturated rings. The summed E-state index contributed by atoms with van der Waals surface area (Å²) >= 11 is 0. The Hall–Kier alpha value is -3.67. The minimum absolute atomic E-state index is 0.127. The van der Waals surface area contributed by atoms with E-state index in [1.54, 1.807) is 0 Å². The normalized spacial score (nSPS) is 13.6. The fourth-order valence-corrected chi connectivity index (χ4v) is 4.92. The summed E-state index contributed by atoms with van der Waals surface area (Å²) in [4.78, 5) is 4.86. The topological polar surface area (TPSA) is 49.4 Å². The average Bonchev–Trinajstić information content (AvgIpc) is 3.27. The molecular weight excluding hydrogens is 375 g/mol. The van der Waals surface area contributed by atoms with Crippen LogP contribution in [0.5, 0.6) is 23.5 Å². The molecule has 7 rings (SSSR count). The zero-order valence-corrected chi connectivity index (χ0v) is 16.8. The van der Waals surface area contributed by atoms with Gasteiger partial charge in [-0.05, 0) is 55.7 Å². The molecule has 0 saturated heterocycles. The molecule has 0 spiro atoms. The second-order valence-corrected chi connectivity index (χ2v) is 8.24. The molecule has 4 heterocycles. The summed E-state index contributed by atoms with van der Waals surface area (Å²) in [6.45, 7) is 6.05. The number of ether oxygens (including phenoxy) is 2. The number of benzene rings is 3. The van der Waals surface area contributed by atoms with Gasteiger partial charge in [0.05, 0.1) is 11.0 Å². The third-order valence-electron chi connectivity index (χ3n) is 6.26. The Morgan fingerprint density at radius 3 is 2.50 bits per heavy atom.